The van der Waals surface area contributed by atoms with Crippen molar-refractivity contribution in [1.29, 1.82) is 0 Å². The van der Waals surface area contributed by atoms with E-state index in [-0.39, 0.29) is 29.2 Å². The molecule has 0 spiro atoms. The molecule has 0 radical (unpaired) electrons. The monoisotopic (exact) mass is 517 g/mol. The van der Waals surface area contributed by atoms with Crippen molar-refractivity contribution in [2.24, 2.45) is 5.92 Å². The number of carbonyl (C=O) groups is 2. The summed E-state index contributed by atoms with van der Waals surface area (Å²) in [5.74, 6) is -0.218. The Morgan fingerprint density at radius 1 is 1.05 bits per heavy atom. The minimum Gasteiger partial charge on any atom is -0.348 e. The Labute approximate surface area is 225 Å². The lowest BCUT2D eigenvalue weighted by Crippen LogP contribution is -2.49. The average molecular weight is 518 g/mol. The third-order valence-corrected chi connectivity index (χ3v) is 7.21. The molecule has 0 unspecified atom stereocenters. The minimum atomic E-state index is -0.512. The molecule has 0 bridgehead atoms. The summed E-state index contributed by atoms with van der Waals surface area (Å²) < 4.78 is 1.67. The van der Waals surface area contributed by atoms with Crippen molar-refractivity contribution in [2.45, 2.75) is 84.8 Å². The molecule has 38 heavy (non-hydrogen) atoms. The van der Waals surface area contributed by atoms with Crippen LogP contribution in [0.4, 0.5) is 0 Å². The van der Waals surface area contributed by atoms with E-state index >= 15 is 0 Å². The van der Waals surface area contributed by atoms with Gasteiger partial charge in [-0.15, -0.1) is 5.10 Å². The normalized spacial score (nSPS) is 17.5. The summed E-state index contributed by atoms with van der Waals surface area (Å²) in [4.78, 5) is 37.6. The summed E-state index contributed by atoms with van der Waals surface area (Å²) >= 11 is 0. The van der Waals surface area contributed by atoms with E-state index in [9.17, 15) is 9.59 Å². The second-order valence-corrected chi connectivity index (χ2v) is 11.6. The second-order valence-electron chi connectivity index (χ2n) is 11.6. The number of hydrogen-bond acceptors (Lipinski definition) is 6. The molecule has 1 saturated heterocycles. The molecule has 1 aromatic carbocycles. The quantitative estimate of drug-likeness (QED) is 0.498. The summed E-state index contributed by atoms with van der Waals surface area (Å²) in [7, 11) is 0. The minimum absolute atomic E-state index is 0.00305. The number of aromatic nitrogens is 5. The van der Waals surface area contributed by atoms with Crippen molar-refractivity contribution < 1.29 is 9.59 Å². The number of aryl methyl sites for hydroxylation is 1. The number of rotatable bonds is 7. The zero-order valence-corrected chi connectivity index (χ0v) is 23.5. The fourth-order valence-electron chi connectivity index (χ4n) is 4.95. The number of nitrogens with zero attached hydrogens (tertiary/aromatic N) is 6. The van der Waals surface area contributed by atoms with Crippen LogP contribution < -0.4 is 5.32 Å². The predicted molar refractivity (Wildman–Crippen MR) is 146 cm³/mol. The van der Waals surface area contributed by atoms with E-state index in [1.807, 2.05) is 58.2 Å². The molecule has 4 rings (SSSR count). The average Bonchev–Trinajstić information content (AvgIpc) is 3.55. The lowest BCUT2D eigenvalue weighted by atomic mass is 9.93. The Kier molecular flexibility index (Phi) is 7.94. The Bertz CT molecular complexity index is 1280. The first-order valence-electron chi connectivity index (χ1n) is 13.4. The topological polar surface area (TPSA) is 106 Å². The predicted octanol–water partition coefficient (Wildman–Crippen LogP) is 4.41. The van der Waals surface area contributed by atoms with Gasteiger partial charge in [-0.25, -0.2) is 4.68 Å². The first-order chi connectivity index (χ1) is 18.0. The number of benzene rings is 1. The standard InChI is InChI=1S/C29H39N7O2/c1-18(2)26(36-17-24(33-34-36)29(5,6)7)28(38)35-16-8-9-23(35)27(37)32-19(3)21-10-12-22(13-11-21)25-20(4)30-14-15-31-25/h10-15,17-19,23,26H,8-9,16H2,1-7H3,(H,32,37)/t19-,23-,26-/m0/s1. The Morgan fingerprint density at radius 2 is 1.74 bits per heavy atom. The summed E-state index contributed by atoms with van der Waals surface area (Å²) in [5.41, 5.74) is 4.34. The molecule has 2 aromatic heterocycles. The first kappa shape index (κ1) is 27.4. The molecular formula is C29H39N7O2. The van der Waals surface area contributed by atoms with Crippen LogP contribution in [0.2, 0.25) is 0 Å². The maximum atomic E-state index is 13.8. The van der Waals surface area contributed by atoms with E-state index in [0.29, 0.717) is 13.0 Å². The molecule has 2 amide bonds. The van der Waals surface area contributed by atoms with E-state index in [0.717, 1.165) is 34.6 Å². The van der Waals surface area contributed by atoms with Crippen LogP contribution in [0, 0.1) is 12.8 Å². The largest absolute Gasteiger partial charge is 0.348 e. The second kappa shape index (κ2) is 11.0. The molecular weight excluding hydrogens is 478 g/mol. The van der Waals surface area contributed by atoms with Gasteiger partial charge in [0.05, 0.1) is 23.1 Å². The van der Waals surface area contributed by atoms with Crippen molar-refractivity contribution >= 4 is 11.8 Å². The van der Waals surface area contributed by atoms with Gasteiger partial charge >= 0.3 is 0 Å². The van der Waals surface area contributed by atoms with Crippen molar-refractivity contribution in [1.82, 2.24) is 35.2 Å². The first-order valence-corrected chi connectivity index (χ1v) is 13.4. The van der Waals surface area contributed by atoms with Gasteiger partial charge in [0.15, 0.2) is 0 Å². The van der Waals surface area contributed by atoms with Gasteiger partial charge in [-0.1, -0.05) is 64.1 Å². The number of nitrogens with one attached hydrogen (secondary N) is 1. The summed E-state index contributed by atoms with van der Waals surface area (Å²) in [6, 6.07) is 6.77. The van der Waals surface area contributed by atoms with E-state index in [1.54, 1.807) is 22.0 Å². The number of likely N-dealkylation sites (tertiary alicyclic amines) is 1. The molecule has 1 fully saturated rings. The molecule has 3 aromatic rings. The van der Waals surface area contributed by atoms with Crippen LogP contribution in [-0.2, 0) is 15.0 Å². The van der Waals surface area contributed by atoms with Crippen molar-refractivity contribution in [3.8, 4) is 11.3 Å². The molecule has 3 heterocycles. The highest BCUT2D eigenvalue weighted by Crippen LogP contribution is 2.29. The summed E-state index contributed by atoms with van der Waals surface area (Å²) in [6.45, 7) is 14.7. The van der Waals surface area contributed by atoms with Crippen LogP contribution in [0.5, 0.6) is 0 Å². The zero-order valence-electron chi connectivity index (χ0n) is 23.5. The van der Waals surface area contributed by atoms with Crippen LogP contribution >= 0.6 is 0 Å². The van der Waals surface area contributed by atoms with Gasteiger partial charge in [0.25, 0.3) is 0 Å². The van der Waals surface area contributed by atoms with E-state index < -0.39 is 12.1 Å². The molecule has 9 nitrogen and oxygen atoms in total. The van der Waals surface area contributed by atoms with E-state index in [4.69, 9.17) is 0 Å². The lowest BCUT2D eigenvalue weighted by Gasteiger charge is -2.30. The molecule has 202 valence electrons. The Hall–Kier alpha value is -3.62. The number of carbonyl (C=O) groups excluding carboxylic acids is 2. The fourth-order valence-corrected chi connectivity index (χ4v) is 4.95. The van der Waals surface area contributed by atoms with Crippen LogP contribution in [0.25, 0.3) is 11.3 Å². The van der Waals surface area contributed by atoms with Gasteiger partial charge in [0, 0.05) is 36.1 Å². The lowest BCUT2D eigenvalue weighted by molar-refractivity contribution is -0.142. The molecule has 1 aliphatic heterocycles. The molecule has 0 saturated carbocycles. The number of amides is 2. The third-order valence-electron chi connectivity index (χ3n) is 7.21. The van der Waals surface area contributed by atoms with Crippen LogP contribution in [-0.4, -0.2) is 54.3 Å². The van der Waals surface area contributed by atoms with Crippen LogP contribution in [0.1, 0.15) is 83.4 Å². The highest BCUT2D eigenvalue weighted by atomic mass is 16.2. The van der Waals surface area contributed by atoms with E-state index in [1.165, 1.54) is 0 Å². The Morgan fingerprint density at radius 3 is 2.34 bits per heavy atom. The van der Waals surface area contributed by atoms with Gasteiger partial charge in [-0.05, 0) is 38.2 Å². The molecule has 0 aliphatic carbocycles. The van der Waals surface area contributed by atoms with Gasteiger partial charge in [0.2, 0.25) is 11.8 Å². The Balaban J connectivity index is 1.46. The van der Waals surface area contributed by atoms with E-state index in [2.05, 4.69) is 46.4 Å². The van der Waals surface area contributed by atoms with Gasteiger partial charge in [-0.2, -0.15) is 0 Å². The molecule has 9 heteroatoms. The molecule has 3 atom stereocenters. The number of hydrogen-bond donors (Lipinski definition) is 1. The van der Waals surface area contributed by atoms with Gasteiger partial charge < -0.3 is 10.2 Å². The summed E-state index contributed by atoms with van der Waals surface area (Å²) in [6.07, 6.45) is 6.66. The van der Waals surface area contributed by atoms with Crippen LogP contribution in [0.3, 0.4) is 0 Å². The van der Waals surface area contributed by atoms with Gasteiger partial charge in [-0.3, -0.25) is 19.6 Å². The fraction of sp³-hybridized carbons (Fsp3) is 0.517. The third kappa shape index (κ3) is 5.76. The maximum absolute atomic E-state index is 13.8. The van der Waals surface area contributed by atoms with Crippen molar-refractivity contribution in [3.63, 3.8) is 0 Å². The highest BCUT2D eigenvalue weighted by molar-refractivity contribution is 5.90. The molecule has 1 aliphatic rings. The maximum Gasteiger partial charge on any atom is 0.248 e. The van der Waals surface area contributed by atoms with Crippen molar-refractivity contribution in [2.75, 3.05) is 6.54 Å². The van der Waals surface area contributed by atoms with Crippen LogP contribution in [0.15, 0.2) is 42.9 Å². The zero-order chi connectivity index (χ0) is 27.6. The SMILES string of the molecule is Cc1nccnc1-c1ccc([C@H](C)NC(=O)[C@@H]2CCCN2C(=O)[C@H](C(C)C)n2cc(C(C)(C)C)nn2)cc1. The van der Waals surface area contributed by atoms with Gasteiger partial charge in [0.1, 0.15) is 12.1 Å². The highest BCUT2D eigenvalue weighted by Gasteiger charge is 2.39. The summed E-state index contributed by atoms with van der Waals surface area (Å²) in [5, 5.41) is 11.7. The molecule has 1 N–H and O–H groups in total. The van der Waals surface area contributed by atoms with Crippen molar-refractivity contribution in [3.05, 3.63) is 59.8 Å². The smallest absolute Gasteiger partial charge is 0.248 e.